The molecule has 0 aliphatic rings. The summed E-state index contributed by atoms with van der Waals surface area (Å²) in [4.78, 5) is 12.5. The van der Waals surface area contributed by atoms with E-state index < -0.39 is 17.6 Å². The summed E-state index contributed by atoms with van der Waals surface area (Å²) in [6, 6.07) is 8.61. The number of halogens is 4. The molecule has 128 valence electrons. The van der Waals surface area contributed by atoms with E-state index >= 15 is 0 Å². The van der Waals surface area contributed by atoms with Gasteiger partial charge >= 0.3 is 6.18 Å². The fourth-order valence-electron chi connectivity index (χ4n) is 2.10. The van der Waals surface area contributed by atoms with Crippen molar-refractivity contribution in [1.82, 2.24) is 20.2 Å². The minimum Gasteiger partial charge on any atom is -0.322 e. The van der Waals surface area contributed by atoms with Gasteiger partial charge in [0.1, 0.15) is 6.33 Å². The van der Waals surface area contributed by atoms with Gasteiger partial charge in [-0.15, -0.1) is 5.10 Å². The topological polar surface area (TPSA) is 72.7 Å². The van der Waals surface area contributed by atoms with Gasteiger partial charge in [-0.05, 0) is 52.9 Å². The van der Waals surface area contributed by atoms with Gasteiger partial charge in [0.25, 0.3) is 5.91 Å². The van der Waals surface area contributed by atoms with Crippen LogP contribution in [0, 0.1) is 0 Å². The van der Waals surface area contributed by atoms with Crippen LogP contribution in [0.4, 0.5) is 18.9 Å². The van der Waals surface area contributed by atoms with E-state index in [1.807, 2.05) is 0 Å². The smallest absolute Gasteiger partial charge is 0.322 e. The molecule has 0 bridgehead atoms. The molecule has 1 N–H and O–H groups in total. The SMILES string of the molecule is O=C(Nc1ccc(C(F)(F)F)cc1)c1ccc(Cl)cc1-n1cnnn1. The van der Waals surface area contributed by atoms with Gasteiger partial charge < -0.3 is 5.32 Å². The first-order valence-corrected chi connectivity index (χ1v) is 7.24. The first kappa shape index (κ1) is 16.9. The highest BCUT2D eigenvalue weighted by Crippen LogP contribution is 2.30. The van der Waals surface area contributed by atoms with Crippen molar-refractivity contribution in [2.24, 2.45) is 0 Å². The zero-order valence-electron chi connectivity index (χ0n) is 12.3. The number of nitrogens with zero attached hydrogens (tertiary/aromatic N) is 4. The maximum Gasteiger partial charge on any atom is 0.416 e. The molecule has 25 heavy (non-hydrogen) atoms. The Kier molecular flexibility index (Phi) is 4.41. The predicted octanol–water partition coefficient (Wildman–Crippen LogP) is 3.59. The molecular weight excluding hydrogens is 359 g/mol. The van der Waals surface area contributed by atoms with Crippen molar-refractivity contribution in [3.63, 3.8) is 0 Å². The molecule has 0 atom stereocenters. The maximum atomic E-state index is 12.6. The van der Waals surface area contributed by atoms with Gasteiger partial charge in [-0.25, -0.2) is 0 Å². The molecule has 0 spiro atoms. The number of aromatic nitrogens is 4. The van der Waals surface area contributed by atoms with Crippen molar-refractivity contribution in [2.75, 3.05) is 5.32 Å². The minimum atomic E-state index is -4.44. The molecule has 0 saturated heterocycles. The van der Waals surface area contributed by atoms with Crippen LogP contribution in [0.1, 0.15) is 15.9 Å². The second-order valence-corrected chi connectivity index (χ2v) is 5.38. The van der Waals surface area contributed by atoms with E-state index in [2.05, 4.69) is 20.8 Å². The number of carbonyl (C=O) groups is 1. The van der Waals surface area contributed by atoms with E-state index in [0.29, 0.717) is 10.7 Å². The largest absolute Gasteiger partial charge is 0.416 e. The fraction of sp³-hybridized carbons (Fsp3) is 0.0667. The van der Waals surface area contributed by atoms with Gasteiger partial charge in [0, 0.05) is 10.7 Å². The summed E-state index contributed by atoms with van der Waals surface area (Å²) >= 11 is 5.94. The van der Waals surface area contributed by atoms with Gasteiger partial charge in [0.05, 0.1) is 16.8 Å². The highest BCUT2D eigenvalue weighted by molar-refractivity contribution is 6.31. The van der Waals surface area contributed by atoms with Gasteiger partial charge in [0.15, 0.2) is 0 Å². The van der Waals surface area contributed by atoms with Crippen molar-refractivity contribution >= 4 is 23.2 Å². The molecule has 0 aliphatic heterocycles. The molecule has 1 heterocycles. The van der Waals surface area contributed by atoms with Gasteiger partial charge in [-0.2, -0.15) is 17.9 Å². The average Bonchev–Trinajstić information content (AvgIpc) is 3.08. The number of hydrogen-bond acceptors (Lipinski definition) is 4. The van der Waals surface area contributed by atoms with E-state index in [1.54, 1.807) is 0 Å². The molecule has 3 aromatic rings. The first-order valence-electron chi connectivity index (χ1n) is 6.86. The van der Waals surface area contributed by atoms with Crippen LogP contribution in [0.3, 0.4) is 0 Å². The molecule has 0 fully saturated rings. The van der Waals surface area contributed by atoms with Crippen LogP contribution in [0.15, 0.2) is 48.8 Å². The molecule has 1 aromatic heterocycles. The quantitative estimate of drug-likeness (QED) is 0.768. The molecule has 0 unspecified atom stereocenters. The number of anilines is 1. The molecule has 0 aliphatic carbocycles. The van der Waals surface area contributed by atoms with E-state index in [1.165, 1.54) is 41.3 Å². The highest BCUT2D eigenvalue weighted by atomic mass is 35.5. The molecule has 0 radical (unpaired) electrons. The number of carbonyl (C=O) groups excluding carboxylic acids is 1. The lowest BCUT2D eigenvalue weighted by Gasteiger charge is -2.11. The van der Waals surface area contributed by atoms with Crippen molar-refractivity contribution in [1.29, 1.82) is 0 Å². The Balaban J connectivity index is 1.87. The lowest BCUT2D eigenvalue weighted by atomic mass is 10.1. The van der Waals surface area contributed by atoms with Gasteiger partial charge in [-0.1, -0.05) is 11.6 Å². The summed E-state index contributed by atoms with van der Waals surface area (Å²) in [5.74, 6) is -0.540. The lowest BCUT2D eigenvalue weighted by molar-refractivity contribution is -0.137. The summed E-state index contributed by atoms with van der Waals surface area (Å²) in [5, 5.41) is 13.6. The second-order valence-electron chi connectivity index (χ2n) is 4.95. The van der Waals surface area contributed by atoms with E-state index in [4.69, 9.17) is 11.6 Å². The predicted molar refractivity (Wildman–Crippen MR) is 83.6 cm³/mol. The first-order chi connectivity index (χ1) is 11.8. The van der Waals surface area contributed by atoms with Crippen LogP contribution in [0.2, 0.25) is 5.02 Å². The molecular formula is C15H9ClF3N5O. The van der Waals surface area contributed by atoms with Gasteiger partial charge in [-0.3, -0.25) is 4.79 Å². The standard InChI is InChI=1S/C15H9ClF3N5O/c16-10-3-6-12(13(7-10)24-8-20-22-23-24)14(25)21-11-4-1-9(2-5-11)15(17,18)19/h1-8H,(H,21,25). The van der Waals surface area contributed by atoms with Crippen LogP contribution >= 0.6 is 11.6 Å². The molecule has 2 aromatic carbocycles. The second kappa shape index (κ2) is 6.52. The lowest BCUT2D eigenvalue weighted by Crippen LogP contribution is -2.15. The third kappa shape index (κ3) is 3.77. The average molecular weight is 368 g/mol. The highest BCUT2D eigenvalue weighted by Gasteiger charge is 2.30. The third-order valence-electron chi connectivity index (χ3n) is 3.27. The molecule has 10 heteroatoms. The summed E-state index contributed by atoms with van der Waals surface area (Å²) in [6.07, 6.45) is -3.15. The molecule has 3 rings (SSSR count). The molecule has 0 saturated carbocycles. The fourth-order valence-corrected chi connectivity index (χ4v) is 2.27. The Morgan fingerprint density at radius 3 is 2.44 bits per heavy atom. The monoisotopic (exact) mass is 367 g/mol. The maximum absolute atomic E-state index is 12.6. The third-order valence-corrected chi connectivity index (χ3v) is 3.51. The number of tetrazole rings is 1. The number of nitrogens with one attached hydrogen (secondary N) is 1. The number of alkyl halides is 3. The van der Waals surface area contributed by atoms with Gasteiger partial charge in [0.2, 0.25) is 0 Å². The zero-order chi connectivity index (χ0) is 18.0. The Bertz CT molecular complexity index is 895. The van der Waals surface area contributed by atoms with E-state index in [9.17, 15) is 18.0 Å². The van der Waals surface area contributed by atoms with Crippen LogP contribution in [0.5, 0.6) is 0 Å². The summed E-state index contributed by atoms with van der Waals surface area (Å²) in [5.41, 5.74) is -0.0412. The molecule has 6 nitrogen and oxygen atoms in total. The number of amides is 1. The Morgan fingerprint density at radius 2 is 1.84 bits per heavy atom. The summed E-state index contributed by atoms with van der Waals surface area (Å²) in [7, 11) is 0. The summed E-state index contributed by atoms with van der Waals surface area (Å²) in [6.45, 7) is 0. The number of benzene rings is 2. The van der Waals surface area contributed by atoms with Crippen LogP contribution in [-0.4, -0.2) is 26.1 Å². The van der Waals surface area contributed by atoms with Crippen molar-refractivity contribution < 1.29 is 18.0 Å². The van der Waals surface area contributed by atoms with E-state index in [-0.39, 0.29) is 11.3 Å². The molecule has 1 amide bonds. The van der Waals surface area contributed by atoms with Crippen molar-refractivity contribution in [3.05, 3.63) is 64.9 Å². The Morgan fingerprint density at radius 1 is 1.12 bits per heavy atom. The summed E-state index contributed by atoms with van der Waals surface area (Å²) < 4.78 is 39.0. The Hall–Kier alpha value is -2.94. The van der Waals surface area contributed by atoms with Crippen molar-refractivity contribution in [2.45, 2.75) is 6.18 Å². The van der Waals surface area contributed by atoms with Crippen LogP contribution in [-0.2, 0) is 6.18 Å². The van der Waals surface area contributed by atoms with Crippen molar-refractivity contribution in [3.8, 4) is 5.69 Å². The Labute approximate surface area is 144 Å². The number of hydrogen-bond donors (Lipinski definition) is 1. The normalized spacial score (nSPS) is 11.4. The zero-order valence-corrected chi connectivity index (χ0v) is 13.1. The minimum absolute atomic E-state index is 0.205. The van der Waals surface area contributed by atoms with E-state index in [0.717, 1.165) is 12.1 Å². The van der Waals surface area contributed by atoms with Crippen LogP contribution < -0.4 is 5.32 Å². The number of rotatable bonds is 3. The van der Waals surface area contributed by atoms with Crippen LogP contribution in [0.25, 0.3) is 5.69 Å².